The van der Waals surface area contributed by atoms with E-state index in [2.05, 4.69) is 14.7 Å². The largest absolute Gasteiger partial charge is 0.455 e. The predicted octanol–water partition coefficient (Wildman–Crippen LogP) is 2.11. The van der Waals surface area contributed by atoms with E-state index in [4.69, 9.17) is 0 Å². The molecular weight excluding hydrogens is 225 g/mol. The number of halogens is 3. The highest BCUT2D eigenvalue weighted by atomic mass is 19.4. The summed E-state index contributed by atoms with van der Waals surface area (Å²) in [5, 5.41) is 12.2. The van der Waals surface area contributed by atoms with Crippen molar-refractivity contribution in [2.24, 2.45) is 0 Å². The monoisotopic (exact) mass is 236 g/mol. The van der Waals surface area contributed by atoms with Crippen LogP contribution in [0.15, 0.2) is 4.52 Å². The molecule has 1 N–H and O–H groups in total. The number of aliphatic hydroxyl groups is 1. The molecule has 0 spiro atoms. The van der Waals surface area contributed by atoms with Crippen molar-refractivity contribution in [3.05, 3.63) is 11.7 Å². The lowest BCUT2D eigenvalue weighted by Gasteiger charge is -2.22. The summed E-state index contributed by atoms with van der Waals surface area (Å²) >= 11 is 0. The molecule has 0 atom stereocenters. The van der Waals surface area contributed by atoms with Crippen molar-refractivity contribution in [1.29, 1.82) is 0 Å². The third kappa shape index (κ3) is 2.34. The second-order valence-corrected chi connectivity index (χ2v) is 3.96. The predicted molar refractivity (Wildman–Crippen MR) is 46.5 cm³/mol. The van der Waals surface area contributed by atoms with Crippen LogP contribution in [0.5, 0.6) is 0 Å². The van der Waals surface area contributed by atoms with Gasteiger partial charge in [-0.05, 0) is 25.7 Å². The molecule has 1 aliphatic rings. The minimum Gasteiger partial charge on any atom is -0.393 e. The molecule has 0 aliphatic heterocycles. The van der Waals surface area contributed by atoms with Crippen molar-refractivity contribution >= 4 is 0 Å². The first kappa shape index (κ1) is 11.4. The zero-order valence-corrected chi connectivity index (χ0v) is 8.37. The standard InChI is InChI=1S/C9H11F3N2O2/c10-9(11,12)8-13-7(16-14-8)5-1-3-6(15)4-2-5/h5-6,15H,1-4H2. The van der Waals surface area contributed by atoms with Crippen LogP contribution in [0, 0.1) is 0 Å². The van der Waals surface area contributed by atoms with Crippen molar-refractivity contribution in [3.63, 3.8) is 0 Å². The number of hydrogen-bond acceptors (Lipinski definition) is 4. The second kappa shape index (κ2) is 4.04. The van der Waals surface area contributed by atoms with Gasteiger partial charge in [0.25, 0.3) is 5.82 Å². The van der Waals surface area contributed by atoms with Gasteiger partial charge in [0.15, 0.2) is 0 Å². The third-order valence-electron chi connectivity index (χ3n) is 2.74. The second-order valence-electron chi connectivity index (χ2n) is 3.96. The summed E-state index contributed by atoms with van der Waals surface area (Å²) in [7, 11) is 0. The van der Waals surface area contributed by atoms with Crippen LogP contribution in [-0.2, 0) is 6.18 Å². The highest BCUT2D eigenvalue weighted by Gasteiger charge is 2.38. The Balaban J connectivity index is 2.08. The van der Waals surface area contributed by atoms with Gasteiger partial charge in [0.2, 0.25) is 5.89 Å². The van der Waals surface area contributed by atoms with E-state index in [-0.39, 0.29) is 17.9 Å². The number of hydrogen-bond donors (Lipinski definition) is 1. The van der Waals surface area contributed by atoms with Gasteiger partial charge < -0.3 is 9.63 Å². The van der Waals surface area contributed by atoms with Gasteiger partial charge in [-0.3, -0.25) is 0 Å². The van der Waals surface area contributed by atoms with Crippen LogP contribution in [0.3, 0.4) is 0 Å². The van der Waals surface area contributed by atoms with Gasteiger partial charge in [-0.25, -0.2) is 0 Å². The van der Waals surface area contributed by atoms with Crippen LogP contribution in [-0.4, -0.2) is 21.4 Å². The number of alkyl halides is 3. The highest BCUT2D eigenvalue weighted by Crippen LogP contribution is 2.34. The molecule has 90 valence electrons. The Labute approximate surface area is 89.5 Å². The molecule has 0 amide bonds. The lowest BCUT2D eigenvalue weighted by molar-refractivity contribution is -0.146. The van der Waals surface area contributed by atoms with Gasteiger partial charge in [-0.1, -0.05) is 5.16 Å². The Morgan fingerprint density at radius 1 is 1.19 bits per heavy atom. The molecule has 1 heterocycles. The Bertz CT molecular complexity index is 356. The van der Waals surface area contributed by atoms with Crippen molar-refractivity contribution in [2.45, 2.75) is 43.9 Å². The first-order valence-electron chi connectivity index (χ1n) is 5.05. The van der Waals surface area contributed by atoms with Crippen LogP contribution in [0.1, 0.15) is 43.3 Å². The van der Waals surface area contributed by atoms with Crippen molar-refractivity contribution in [1.82, 2.24) is 10.1 Å². The summed E-state index contributed by atoms with van der Waals surface area (Å²) in [6.07, 6.45) is -2.62. The smallest absolute Gasteiger partial charge is 0.393 e. The summed E-state index contributed by atoms with van der Waals surface area (Å²) < 4.78 is 41.2. The Morgan fingerprint density at radius 3 is 2.31 bits per heavy atom. The first-order valence-corrected chi connectivity index (χ1v) is 5.05. The topological polar surface area (TPSA) is 59.2 Å². The van der Waals surface area contributed by atoms with E-state index in [1.165, 1.54) is 0 Å². The molecule has 1 aromatic rings. The highest BCUT2D eigenvalue weighted by molar-refractivity contribution is 4.98. The van der Waals surface area contributed by atoms with Crippen LogP contribution >= 0.6 is 0 Å². The molecule has 0 aromatic carbocycles. The number of aliphatic hydroxyl groups excluding tert-OH is 1. The van der Waals surface area contributed by atoms with Gasteiger partial charge in [0, 0.05) is 5.92 Å². The van der Waals surface area contributed by atoms with Crippen LogP contribution in [0.2, 0.25) is 0 Å². The summed E-state index contributed by atoms with van der Waals surface area (Å²) in [6.45, 7) is 0. The molecule has 1 aromatic heterocycles. The van der Waals surface area contributed by atoms with Crippen LogP contribution in [0.4, 0.5) is 13.2 Å². The fraction of sp³-hybridized carbons (Fsp3) is 0.778. The van der Waals surface area contributed by atoms with E-state index >= 15 is 0 Å². The molecule has 0 bridgehead atoms. The maximum absolute atomic E-state index is 12.2. The van der Waals surface area contributed by atoms with Gasteiger partial charge in [0.05, 0.1) is 6.10 Å². The molecule has 1 fully saturated rings. The van der Waals surface area contributed by atoms with E-state index in [9.17, 15) is 18.3 Å². The van der Waals surface area contributed by atoms with Gasteiger partial charge in [-0.2, -0.15) is 18.2 Å². The molecule has 7 heteroatoms. The van der Waals surface area contributed by atoms with Gasteiger partial charge in [-0.15, -0.1) is 0 Å². The lowest BCUT2D eigenvalue weighted by Crippen LogP contribution is -2.17. The third-order valence-corrected chi connectivity index (χ3v) is 2.74. The van der Waals surface area contributed by atoms with Crippen molar-refractivity contribution < 1.29 is 22.8 Å². The van der Waals surface area contributed by atoms with E-state index in [0.29, 0.717) is 25.7 Å². The minimum atomic E-state index is -4.56. The number of nitrogens with zero attached hydrogens (tertiary/aromatic N) is 2. The first-order chi connectivity index (χ1) is 7.47. The summed E-state index contributed by atoms with van der Waals surface area (Å²) in [5.41, 5.74) is 0. The Kier molecular flexibility index (Phi) is 2.88. The normalized spacial score (nSPS) is 27.0. The zero-order valence-electron chi connectivity index (χ0n) is 8.37. The van der Waals surface area contributed by atoms with Crippen molar-refractivity contribution in [3.8, 4) is 0 Å². The maximum Gasteiger partial charge on any atom is 0.455 e. The fourth-order valence-electron chi connectivity index (χ4n) is 1.84. The molecule has 2 rings (SSSR count). The quantitative estimate of drug-likeness (QED) is 0.811. The fourth-order valence-corrected chi connectivity index (χ4v) is 1.84. The van der Waals surface area contributed by atoms with Gasteiger partial charge >= 0.3 is 6.18 Å². The average Bonchev–Trinajstić information content (AvgIpc) is 2.67. The maximum atomic E-state index is 12.2. The molecule has 1 saturated carbocycles. The molecule has 4 nitrogen and oxygen atoms in total. The lowest BCUT2D eigenvalue weighted by atomic mass is 9.87. The van der Waals surface area contributed by atoms with E-state index in [1.807, 2.05) is 0 Å². The zero-order chi connectivity index (χ0) is 11.8. The summed E-state index contributed by atoms with van der Waals surface area (Å²) in [4.78, 5) is 3.35. The summed E-state index contributed by atoms with van der Waals surface area (Å²) in [6, 6.07) is 0. The SMILES string of the molecule is OC1CCC(c2nc(C(F)(F)F)no2)CC1. The number of rotatable bonds is 1. The summed E-state index contributed by atoms with van der Waals surface area (Å²) in [5.74, 6) is -1.36. The minimum absolute atomic E-state index is 0.0271. The average molecular weight is 236 g/mol. The Morgan fingerprint density at radius 2 is 1.81 bits per heavy atom. The van der Waals surface area contributed by atoms with Gasteiger partial charge in [0.1, 0.15) is 0 Å². The molecule has 0 radical (unpaired) electrons. The molecular formula is C9H11F3N2O2. The van der Waals surface area contributed by atoms with Crippen LogP contribution < -0.4 is 0 Å². The number of aromatic nitrogens is 2. The molecule has 0 saturated heterocycles. The molecule has 1 aliphatic carbocycles. The Hall–Kier alpha value is -1.11. The molecule has 0 unspecified atom stereocenters. The van der Waals surface area contributed by atoms with E-state index < -0.39 is 12.0 Å². The van der Waals surface area contributed by atoms with E-state index in [0.717, 1.165) is 0 Å². The van der Waals surface area contributed by atoms with Crippen LogP contribution in [0.25, 0.3) is 0 Å². The molecule has 16 heavy (non-hydrogen) atoms. The van der Waals surface area contributed by atoms with Crippen molar-refractivity contribution in [2.75, 3.05) is 0 Å². The van der Waals surface area contributed by atoms with E-state index in [1.54, 1.807) is 0 Å².